The molecule has 0 radical (unpaired) electrons. The van der Waals surface area contributed by atoms with Crippen LogP contribution in [0.15, 0.2) is 12.4 Å². The van der Waals surface area contributed by atoms with E-state index in [1.807, 2.05) is 38.0 Å². The van der Waals surface area contributed by atoms with Crippen LogP contribution in [0.5, 0.6) is 5.75 Å². The van der Waals surface area contributed by atoms with Gasteiger partial charge in [0.15, 0.2) is 5.75 Å². The predicted octanol–water partition coefficient (Wildman–Crippen LogP) is 1.77. The van der Waals surface area contributed by atoms with Gasteiger partial charge in [0.1, 0.15) is 5.69 Å². The highest BCUT2D eigenvalue weighted by atomic mass is 16.5. The molecule has 0 bridgehead atoms. The average molecular weight is 273 g/mol. The molecule has 0 unspecified atom stereocenters. The average Bonchev–Trinajstić information content (AvgIpc) is 2.94. The van der Waals surface area contributed by atoms with Gasteiger partial charge >= 0.3 is 0 Å². The molecule has 2 heterocycles. The number of aromatic nitrogens is 4. The Morgan fingerprint density at radius 2 is 2.20 bits per heavy atom. The highest BCUT2D eigenvalue weighted by molar-refractivity contribution is 5.32. The first kappa shape index (κ1) is 14.1. The van der Waals surface area contributed by atoms with Crippen molar-refractivity contribution in [2.45, 2.75) is 33.2 Å². The van der Waals surface area contributed by atoms with Crippen molar-refractivity contribution in [1.29, 1.82) is 5.26 Å². The van der Waals surface area contributed by atoms with Crippen molar-refractivity contribution in [3.8, 4) is 11.8 Å². The minimum atomic E-state index is 0.455. The van der Waals surface area contributed by atoms with Crippen molar-refractivity contribution >= 4 is 0 Å². The maximum absolute atomic E-state index is 8.63. The molecule has 2 aromatic heterocycles. The Bertz CT molecular complexity index is 620. The summed E-state index contributed by atoms with van der Waals surface area (Å²) >= 11 is 0. The van der Waals surface area contributed by atoms with Gasteiger partial charge in [-0.25, -0.2) is 0 Å². The summed E-state index contributed by atoms with van der Waals surface area (Å²) in [6.45, 7) is 5.10. The first-order valence-corrected chi connectivity index (χ1v) is 6.63. The predicted molar refractivity (Wildman–Crippen MR) is 74.3 cm³/mol. The summed E-state index contributed by atoms with van der Waals surface area (Å²) in [5.74, 6) is 0.826. The van der Waals surface area contributed by atoms with E-state index in [2.05, 4.69) is 16.3 Å². The molecule has 0 atom stereocenters. The van der Waals surface area contributed by atoms with Gasteiger partial charge in [0.2, 0.25) is 0 Å². The number of hydrogen-bond donors (Lipinski definition) is 0. The molecule has 20 heavy (non-hydrogen) atoms. The Morgan fingerprint density at radius 1 is 1.40 bits per heavy atom. The van der Waals surface area contributed by atoms with E-state index >= 15 is 0 Å². The van der Waals surface area contributed by atoms with Crippen molar-refractivity contribution < 1.29 is 4.74 Å². The molecule has 0 saturated carbocycles. The molecule has 0 aromatic carbocycles. The summed E-state index contributed by atoms with van der Waals surface area (Å²) < 4.78 is 9.45. The van der Waals surface area contributed by atoms with E-state index < -0.39 is 0 Å². The van der Waals surface area contributed by atoms with Crippen LogP contribution in [0.25, 0.3) is 0 Å². The summed E-state index contributed by atoms with van der Waals surface area (Å²) in [4.78, 5) is 0. The van der Waals surface area contributed by atoms with Gasteiger partial charge in [-0.1, -0.05) is 0 Å². The molecule has 2 aromatic rings. The molecule has 0 aliphatic carbocycles. The van der Waals surface area contributed by atoms with Crippen molar-refractivity contribution in [3.63, 3.8) is 0 Å². The number of ether oxygens (including phenoxy) is 1. The summed E-state index contributed by atoms with van der Waals surface area (Å²) in [7, 11) is 1.90. The third kappa shape index (κ3) is 3.18. The number of aryl methyl sites for hydroxylation is 3. The molecule has 0 spiro atoms. The van der Waals surface area contributed by atoms with Crippen LogP contribution in [0, 0.1) is 25.2 Å². The lowest BCUT2D eigenvalue weighted by molar-refractivity contribution is 0.317. The summed E-state index contributed by atoms with van der Waals surface area (Å²) in [5, 5.41) is 17.2. The topological polar surface area (TPSA) is 68.7 Å². The Balaban J connectivity index is 1.95. The molecule has 2 rings (SSSR count). The second-order valence-electron chi connectivity index (χ2n) is 4.75. The van der Waals surface area contributed by atoms with E-state index in [4.69, 9.17) is 10.00 Å². The van der Waals surface area contributed by atoms with Crippen molar-refractivity contribution in [1.82, 2.24) is 19.6 Å². The standard InChI is InChI=1S/C14H19N5O/c1-11-14(12(2)19(17-11)7-4-6-15)20-8-5-13-9-16-18(3)10-13/h9-10H,4-5,7-8H2,1-3H3. The second kappa shape index (κ2) is 6.24. The molecule has 0 fully saturated rings. The summed E-state index contributed by atoms with van der Waals surface area (Å²) in [5.41, 5.74) is 3.00. The zero-order valence-corrected chi connectivity index (χ0v) is 12.1. The molecule has 0 saturated heterocycles. The Hall–Kier alpha value is -2.29. The van der Waals surface area contributed by atoms with E-state index in [0.29, 0.717) is 19.6 Å². The fourth-order valence-electron chi connectivity index (χ4n) is 2.13. The zero-order valence-electron chi connectivity index (χ0n) is 12.1. The first-order chi connectivity index (χ1) is 9.61. The first-order valence-electron chi connectivity index (χ1n) is 6.63. The Kier molecular flexibility index (Phi) is 4.41. The van der Waals surface area contributed by atoms with Gasteiger partial charge in [-0.2, -0.15) is 15.5 Å². The quantitative estimate of drug-likeness (QED) is 0.804. The van der Waals surface area contributed by atoms with E-state index in [1.165, 1.54) is 0 Å². The maximum Gasteiger partial charge on any atom is 0.162 e. The Morgan fingerprint density at radius 3 is 2.85 bits per heavy atom. The second-order valence-corrected chi connectivity index (χ2v) is 4.75. The normalized spacial score (nSPS) is 10.5. The lowest BCUT2D eigenvalue weighted by atomic mass is 10.3. The lowest BCUT2D eigenvalue weighted by Crippen LogP contribution is -2.04. The molecule has 0 aliphatic rings. The fourth-order valence-corrected chi connectivity index (χ4v) is 2.13. The highest BCUT2D eigenvalue weighted by Gasteiger charge is 2.12. The van der Waals surface area contributed by atoms with Crippen molar-refractivity contribution in [3.05, 3.63) is 29.3 Å². The number of nitriles is 1. The summed E-state index contributed by atoms with van der Waals surface area (Å²) in [6, 6.07) is 2.13. The van der Waals surface area contributed by atoms with Crippen LogP contribution in [-0.4, -0.2) is 26.2 Å². The lowest BCUT2D eigenvalue weighted by Gasteiger charge is -2.06. The van der Waals surface area contributed by atoms with Crippen molar-refractivity contribution in [2.75, 3.05) is 6.61 Å². The number of nitrogens with zero attached hydrogens (tertiary/aromatic N) is 5. The minimum absolute atomic E-state index is 0.455. The van der Waals surface area contributed by atoms with Gasteiger partial charge in [0.25, 0.3) is 0 Å². The SMILES string of the molecule is Cc1nn(CCC#N)c(C)c1OCCc1cnn(C)c1. The highest BCUT2D eigenvalue weighted by Crippen LogP contribution is 2.22. The number of hydrogen-bond acceptors (Lipinski definition) is 4. The van der Waals surface area contributed by atoms with E-state index in [0.717, 1.165) is 29.1 Å². The van der Waals surface area contributed by atoms with Crippen LogP contribution in [-0.2, 0) is 20.0 Å². The minimum Gasteiger partial charge on any atom is -0.489 e. The van der Waals surface area contributed by atoms with Gasteiger partial charge < -0.3 is 4.74 Å². The molecule has 6 heteroatoms. The van der Waals surface area contributed by atoms with Gasteiger partial charge in [0, 0.05) is 19.7 Å². The molecule has 6 nitrogen and oxygen atoms in total. The molecule has 0 amide bonds. The monoisotopic (exact) mass is 273 g/mol. The van der Waals surface area contributed by atoms with Crippen LogP contribution in [0.2, 0.25) is 0 Å². The van der Waals surface area contributed by atoms with E-state index in [1.54, 1.807) is 4.68 Å². The van der Waals surface area contributed by atoms with E-state index in [9.17, 15) is 0 Å². The fraction of sp³-hybridized carbons (Fsp3) is 0.500. The van der Waals surface area contributed by atoms with Gasteiger partial charge in [-0.3, -0.25) is 9.36 Å². The number of rotatable bonds is 6. The smallest absolute Gasteiger partial charge is 0.162 e. The van der Waals surface area contributed by atoms with Crippen LogP contribution in [0.3, 0.4) is 0 Å². The Labute approximate surface area is 118 Å². The van der Waals surface area contributed by atoms with Gasteiger partial charge in [-0.15, -0.1) is 0 Å². The van der Waals surface area contributed by atoms with Crippen LogP contribution in [0.4, 0.5) is 0 Å². The molecular formula is C14H19N5O. The van der Waals surface area contributed by atoms with Crippen LogP contribution >= 0.6 is 0 Å². The maximum atomic E-state index is 8.63. The third-order valence-corrected chi connectivity index (χ3v) is 3.15. The molecule has 0 aliphatic heterocycles. The molecule has 106 valence electrons. The van der Waals surface area contributed by atoms with Crippen LogP contribution < -0.4 is 4.74 Å². The third-order valence-electron chi connectivity index (χ3n) is 3.15. The van der Waals surface area contributed by atoms with Gasteiger partial charge in [0.05, 0.1) is 37.5 Å². The van der Waals surface area contributed by atoms with Gasteiger partial charge in [-0.05, 0) is 19.4 Å². The summed E-state index contributed by atoms with van der Waals surface area (Å²) in [6.07, 6.45) is 5.10. The van der Waals surface area contributed by atoms with Crippen LogP contribution in [0.1, 0.15) is 23.4 Å². The largest absolute Gasteiger partial charge is 0.489 e. The van der Waals surface area contributed by atoms with E-state index in [-0.39, 0.29) is 0 Å². The molecule has 0 N–H and O–H groups in total. The zero-order chi connectivity index (χ0) is 14.5. The molecular weight excluding hydrogens is 254 g/mol. The van der Waals surface area contributed by atoms with Crippen molar-refractivity contribution in [2.24, 2.45) is 7.05 Å².